The number of carbonyl (C=O) groups is 2. The number of rotatable bonds is 5. The zero-order chi connectivity index (χ0) is 26.0. The van der Waals surface area contributed by atoms with Crippen molar-refractivity contribution in [1.29, 1.82) is 0 Å². The van der Waals surface area contributed by atoms with Gasteiger partial charge >= 0.3 is 12.4 Å². The van der Waals surface area contributed by atoms with Crippen LogP contribution in [-0.4, -0.2) is 30.4 Å². The number of hydrogen-bond donors (Lipinski definition) is 1. The molecule has 35 heavy (non-hydrogen) atoms. The summed E-state index contributed by atoms with van der Waals surface area (Å²) < 4.78 is 78.2. The standard InChI is InChI=1S/C23H16ClF6N3O2/c1-33(19-11-31-7-6-17(19)16-4-2-3-5-18(16)24)20(34)12-32-21(35)13-8-14(22(25,26)27)10-15(9-13)23(28,29)30/h2-11H,12H2,1H3,(H,32,35). The van der Waals surface area contributed by atoms with Gasteiger partial charge in [-0.1, -0.05) is 29.8 Å². The number of aromatic nitrogens is 1. The molecule has 3 rings (SSSR count). The van der Waals surface area contributed by atoms with Crippen LogP contribution in [0.1, 0.15) is 21.5 Å². The van der Waals surface area contributed by atoms with Crippen molar-refractivity contribution in [2.75, 3.05) is 18.5 Å². The van der Waals surface area contributed by atoms with Crippen molar-refractivity contribution >= 4 is 29.1 Å². The molecule has 0 unspecified atom stereocenters. The molecule has 2 aromatic carbocycles. The third kappa shape index (κ3) is 6.10. The smallest absolute Gasteiger partial charge is 0.343 e. The van der Waals surface area contributed by atoms with Crippen LogP contribution in [0, 0.1) is 0 Å². The van der Waals surface area contributed by atoms with Crippen molar-refractivity contribution in [1.82, 2.24) is 10.3 Å². The number of nitrogens with zero attached hydrogens (tertiary/aromatic N) is 2. The molecule has 0 aliphatic carbocycles. The van der Waals surface area contributed by atoms with E-state index >= 15 is 0 Å². The largest absolute Gasteiger partial charge is 0.416 e. The normalized spacial score (nSPS) is 11.8. The fourth-order valence-electron chi connectivity index (χ4n) is 3.16. The highest BCUT2D eigenvalue weighted by Crippen LogP contribution is 2.37. The van der Waals surface area contributed by atoms with Crippen LogP contribution in [0.3, 0.4) is 0 Å². The van der Waals surface area contributed by atoms with Gasteiger partial charge in [0, 0.05) is 35.0 Å². The molecule has 2 amide bonds. The predicted octanol–water partition coefficient (Wildman–Crippen LogP) is 5.83. The molecule has 0 radical (unpaired) electrons. The minimum absolute atomic E-state index is 0.0889. The lowest BCUT2D eigenvalue weighted by atomic mass is 10.0. The van der Waals surface area contributed by atoms with Gasteiger partial charge in [-0.2, -0.15) is 26.3 Å². The maximum absolute atomic E-state index is 13.0. The van der Waals surface area contributed by atoms with Crippen molar-refractivity contribution < 1.29 is 35.9 Å². The fraction of sp³-hybridized carbons (Fsp3) is 0.174. The second-order valence-electron chi connectivity index (χ2n) is 7.30. The fourth-order valence-corrected chi connectivity index (χ4v) is 3.40. The minimum atomic E-state index is -5.11. The van der Waals surface area contributed by atoms with Crippen LogP contribution in [0.15, 0.2) is 60.9 Å². The quantitative estimate of drug-likeness (QED) is 0.435. The molecule has 0 fully saturated rings. The second kappa shape index (κ2) is 9.95. The Bertz CT molecular complexity index is 1230. The molecule has 0 atom stereocenters. The molecule has 0 spiro atoms. The number of benzene rings is 2. The van der Waals surface area contributed by atoms with Gasteiger partial charge < -0.3 is 10.2 Å². The number of likely N-dealkylation sites (N-methyl/N-ethyl adjacent to an activating group) is 1. The van der Waals surface area contributed by atoms with Crippen molar-refractivity contribution in [3.05, 3.63) is 82.6 Å². The van der Waals surface area contributed by atoms with E-state index in [1.807, 2.05) is 0 Å². The van der Waals surface area contributed by atoms with Crippen molar-refractivity contribution in [2.45, 2.75) is 12.4 Å². The van der Waals surface area contributed by atoms with E-state index in [0.717, 1.165) is 4.90 Å². The maximum Gasteiger partial charge on any atom is 0.416 e. The summed E-state index contributed by atoms with van der Waals surface area (Å²) in [7, 11) is 1.37. The van der Waals surface area contributed by atoms with Crippen LogP contribution >= 0.6 is 11.6 Å². The summed E-state index contributed by atoms with van der Waals surface area (Å²) in [6.07, 6.45) is -7.36. The first-order chi connectivity index (χ1) is 16.3. The molecule has 1 N–H and O–H groups in total. The monoisotopic (exact) mass is 515 g/mol. The molecule has 0 aliphatic rings. The summed E-state index contributed by atoms with van der Waals surface area (Å²) >= 11 is 6.23. The Balaban J connectivity index is 1.81. The Morgan fingerprint density at radius 1 is 0.943 bits per heavy atom. The molecule has 0 saturated carbocycles. The van der Waals surface area contributed by atoms with E-state index in [0.29, 0.717) is 21.8 Å². The van der Waals surface area contributed by atoms with Crippen LogP contribution in [0.4, 0.5) is 32.0 Å². The second-order valence-corrected chi connectivity index (χ2v) is 7.71. The predicted molar refractivity (Wildman–Crippen MR) is 117 cm³/mol. The molecule has 3 aromatic rings. The molecule has 184 valence electrons. The highest BCUT2D eigenvalue weighted by Gasteiger charge is 2.37. The van der Waals surface area contributed by atoms with E-state index in [1.54, 1.807) is 30.3 Å². The molecule has 5 nitrogen and oxygen atoms in total. The van der Waals surface area contributed by atoms with Crippen LogP contribution in [0.5, 0.6) is 0 Å². The minimum Gasteiger partial charge on any atom is -0.343 e. The number of alkyl halides is 6. The van der Waals surface area contributed by atoms with Crippen LogP contribution in [0.2, 0.25) is 5.02 Å². The summed E-state index contributed by atoms with van der Waals surface area (Å²) in [5, 5.41) is 2.47. The van der Waals surface area contributed by atoms with Crippen molar-refractivity contribution in [3.8, 4) is 11.1 Å². The number of pyridine rings is 1. The Morgan fingerprint density at radius 2 is 1.54 bits per heavy atom. The van der Waals surface area contributed by atoms with E-state index < -0.39 is 47.4 Å². The molecule has 12 heteroatoms. The Kier molecular flexibility index (Phi) is 7.39. The van der Waals surface area contributed by atoms with Gasteiger partial charge in [0.05, 0.1) is 29.6 Å². The highest BCUT2D eigenvalue weighted by atomic mass is 35.5. The zero-order valence-electron chi connectivity index (χ0n) is 17.8. The first kappa shape index (κ1) is 26.0. The highest BCUT2D eigenvalue weighted by molar-refractivity contribution is 6.33. The summed E-state index contributed by atoms with van der Waals surface area (Å²) in [6.45, 7) is -0.705. The Labute approximate surface area is 200 Å². The number of carbonyl (C=O) groups excluding carboxylic acids is 2. The van der Waals surface area contributed by atoms with Gasteiger partial charge in [-0.05, 0) is 30.3 Å². The Hall–Kier alpha value is -3.60. The first-order valence-corrected chi connectivity index (χ1v) is 10.2. The maximum atomic E-state index is 13.0. The summed E-state index contributed by atoms with van der Waals surface area (Å²) in [6, 6.07) is 8.91. The van der Waals surface area contributed by atoms with Crippen molar-refractivity contribution in [3.63, 3.8) is 0 Å². The van der Waals surface area contributed by atoms with Crippen molar-refractivity contribution in [2.24, 2.45) is 0 Å². The third-order valence-electron chi connectivity index (χ3n) is 4.95. The van der Waals surface area contributed by atoms with Gasteiger partial charge in [0.15, 0.2) is 0 Å². The number of nitrogens with one attached hydrogen (secondary N) is 1. The SMILES string of the molecule is CN(C(=O)CNC(=O)c1cc(C(F)(F)F)cc(C(F)(F)F)c1)c1cnccc1-c1ccccc1Cl. The number of hydrogen-bond acceptors (Lipinski definition) is 3. The molecule has 0 bridgehead atoms. The summed E-state index contributed by atoms with van der Waals surface area (Å²) in [5.74, 6) is -1.98. The lowest BCUT2D eigenvalue weighted by molar-refractivity contribution is -0.143. The van der Waals surface area contributed by atoms with E-state index in [1.165, 1.54) is 19.4 Å². The van der Waals surface area contributed by atoms with Gasteiger partial charge in [0.1, 0.15) is 0 Å². The lowest BCUT2D eigenvalue weighted by Crippen LogP contribution is -2.38. The summed E-state index contributed by atoms with van der Waals surface area (Å²) in [5.41, 5.74) is -2.71. The van der Waals surface area contributed by atoms with E-state index in [9.17, 15) is 35.9 Å². The molecular formula is C23H16ClF6N3O2. The van der Waals surface area contributed by atoms with Gasteiger partial charge in [0.25, 0.3) is 5.91 Å². The molecule has 0 saturated heterocycles. The van der Waals surface area contributed by atoms with E-state index in [2.05, 4.69) is 10.3 Å². The van der Waals surface area contributed by atoms with Gasteiger partial charge in [-0.15, -0.1) is 0 Å². The zero-order valence-corrected chi connectivity index (χ0v) is 18.6. The molecule has 1 heterocycles. The molecular weight excluding hydrogens is 500 g/mol. The average Bonchev–Trinajstić information content (AvgIpc) is 2.80. The topological polar surface area (TPSA) is 62.3 Å². The number of anilines is 1. The van der Waals surface area contributed by atoms with E-state index in [4.69, 9.17) is 11.6 Å². The summed E-state index contributed by atoms with van der Waals surface area (Å²) in [4.78, 5) is 30.2. The Morgan fingerprint density at radius 3 is 2.11 bits per heavy atom. The van der Waals surface area contributed by atoms with Crippen LogP contribution in [0.25, 0.3) is 11.1 Å². The lowest BCUT2D eigenvalue weighted by Gasteiger charge is -2.21. The molecule has 0 aliphatic heterocycles. The first-order valence-electron chi connectivity index (χ1n) is 9.82. The third-order valence-corrected chi connectivity index (χ3v) is 5.28. The van der Waals surface area contributed by atoms with E-state index in [-0.39, 0.29) is 18.2 Å². The number of halogens is 7. The van der Waals surface area contributed by atoms with Gasteiger partial charge in [-0.25, -0.2) is 0 Å². The van der Waals surface area contributed by atoms with Gasteiger partial charge in [0.2, 0.25) is 5.91 Å². The molecule has 1 aromatic heterocycles. The van der Waals surface area contributed by atoms with Gasteiger partial charge in [-0.3, -0.25) is 14.6 Å². The van der Waals surface area contributed by atoms with Crippen LogP contribution < -0.4 is 10.2 Å². The average molecular weight is 516 g/mol. The number of amides is 2. The van der Waals surface area contributed by atoms with Crippen LogP contribution in [-0.2, 0) is 17.1 Å².